The van der Waals surface area contributed by atoms with E-state index in [-0.39, 0.29) is 17.4 Å². The lowest BCUT2D eigenvalue weighted by molar-refractivity contribution is -0.0132. The van der Waals surface area contributed by atoms with Crippen molar-refractivity contribution in [1.82, 2.24) is 15.2 Å². The molecule has 2 N–H and O–H groups in total. The van der Waals surface area contributed by atoms with Crippen LogP contribution in [0, 0.1) is 22.9 Å². The van der Waals surface area contributed by atoms with Gasteiger partial charge >= 0.3 is 0 Å². The lowest BCUT2D eigenvalue weighted by Crippen LogP contribution is -2.44. The van der Waals surface area contributed by atoms with Crippen LogP contribution in [0.4, 0.5) is 13.2 Å². The Bertz CT molecular complexity index is 1320. The van der Waals surface area contributed by atoms with E-state index in [0.717, 1.165) is 107 Å². The van der Waals surface area contributed by atoms with Crippen LogP contribution in [0.3, 0.4) is 0 Å². The highest BCUT2D eigenvalue weighted by Crippen LogP contribution is 2.40. The molecule has 2 aliphatic heterocycles. The maximum Gasteiger partial charge on any atom is 0.132 e. The zero-order valence-corrected chi connectivity index (χ0v) is 24.4. The molecular formula is C33H42F3N3O3. The third-order valence-electron chi connectivity index (χ3n) is 9.19. The summed E-state index contributed by atoms with van der Waals surface area (Å²) in [4.78, 5) is 7.17. The first-order valence-electron chi connectivity index (χ1n) is 15.2. The van der Waals surface area contributed by atoms with Crippen LogP contribution in [-0.4, -0.2) is 67.6 Å². The van der Waals surface area contributed by atoms with Gasteiger partial charge in [-0.2, -0.15) is 0 Å². The Morgan fingerprint density at radius 3 is 2.45 bits per heavy atom. The van der Waals surface area contributed by atoms with E-state index in [4.69, 9.17) is 14.5 Å². The van der Waals surface area contributed by atoms with Crippen LogP contribution in [-0.2, 0) is 24.1 Å². The monoisotopic (exact) mass is 585 g/mol. The smallest absolute Gasteiger partial charge is 0.132 e. The number of aliphatic hydroxyl groups excluding tert-OH is 1. The number of nitrogens with one attached hydrogen (secondary N) is 1. The Labute approximate surface area is 246 Å². The summed E-state index contributed by atoms with van der Waals surface area (Å²) in [7, 11) is 1.67. The molecule has 228 valence electrons. The summed E-state index contributed by atoms with van der Waals surface area (Å²) >= 11 is 0. The quantitative estimate of drug-likeness (QED) is 0.290. The molecule has 2 saturated heterocycles. The second-order valence-corrected chi connectivity index (χ2v) is 11.8. The molecule has 3 aromatic rings. The van der Waals surface area contributed by atoms with Gasteiger partial charge in [0.25, 0.3) is 0 Å². The number of ether oxygens (including phenoxy) is 2. The second kappa shape index (κ2) is 14.2. The topological polar surface area (TPSA) is 66.9 Å². The molecule has 2 fully saturated rings. The molecule has 42 heavy (non-hydrogen) atoms. The van der Waals surface area contributed by atoms with Crippen molar-refractivity contribution in [2.24, 2.45) is 5.41 Å². The van der Waals surface area contributed by atoms with Crippen LogP contribution in [0.2, 0.25) is 0 Å². The van der Waals surface area contributed by atoms with E-state index < -0.39 is 23.6 Å². The fourth-order valence-corrected chi connectivity index (χ4v) is 6.71. The van der Waals surface area contributed by atoms with Crippen molar-refractivity contribution < 1.29 is 27.8 Å². The number of piperidine rings is 1. The van der Waals surface area contributed by atoms with Crippen LogP contribution in [0.1, 0.15) is 55.2 Å². The number of hydrogen-bond acceptors (Lipinski definition) is 6. The molecule has 0 radical (unpaired) electrons. The van der Waals surface area contributed by atoms with E-state index in [0.29, 0.717) is 12.8 Å². The molecule has 0 saturated carbocycles. The Kier molecular flexibility index (Phi) is 10.4. The van der Waals surface area contributed by atoms with Crippen molar-refractivity contribution in [1.29, 1.82) is 0 Å². The van der Waals surface area contributed by atoms with E-state index in [1.165, 1.54) is 11.1 Å². The molecule has 6 nitrogen and oxygen atoms in total. The minimum absolute atomic E-state index is 0.115. The first kappa shape index (κ1) is 30.7. The van der Waals surface area contributed by atoms with Gasteiger partial charge in [0, 0.05) is 48.9 Å². The molecule has 1 atom stereocenters. The SMILES string of the molecule is COc1ccc2ncc(CN3CCOCC3)c(CCCC3(C(O)CCCc4c(F)cc(F)cc4F)CCNCC3)c2c1. The number of aromatic nitrogens is 1. The molecule has 1 unspecified atom stereocenters. The summed E-state index contributed by atoms with van der Waals surface area (Å²) in [5.41, 5.74) is 3.03. The lowest BCUT2D eigenvalue weighted by atomic mass is 9.69. The van der Waals surface area contributed by atoms with Crippen LogP contribution < -0.4 is 10.1 Å². The van der Waals surface area contributed by atoms with Crippen molar-refractivity contribution in [3.63, 3.8) is 0 Å². The summed E-state index contributed by atoms with van der Waals surface area (Å²) in [6.45, 7) is 5.73. The largest absolute Gasteiger partial charge is 0.497 e. The maximum atomic E-state index is 14.2. The first-order valence-corrected chi connectivity index (χ1v) is 15.2. The Hall–Kier alpha value is -2.72. The Balaban J connectivity index is 1.30. The van der Waals surface area contributed by atoms with Gasteiger partial charge in [0.2, 0.25) is 0 Å². The van der Waals surface area contributed by atoms with Crippen molar-refractivity contribution in [3.05, 3.63) is 70.7 Å². The molecule has 2 aromatic carbocycles. The average Bonchev–Trinajstić information content (AvgIpc) is 3.00. The zero-order valence-electron chi connectivity index (χ0n) is 24.4. The number of rotatable bonds is 12. The van der Waals surface area contributed by atoms with E-state index >= 15 is 0 Å². The Morgan fingerprint density at radius 1 is 1.02 bits per heavy atom. The van der Waals surface area contributed by atoms with Crippen molar-refractivity contribution in [2.75, 3.05) is 46.5 Å². The van der Waals surface area contributed by atoms with Gasteiger partial charge in [0.05, 0.1) is 31.9 Å². The standard InChI is InChI=1S/C33H42F3N3O3/c1-41-25-7-8-31-28(20-25)26(23(21-38-31)22-39-14-16-42-17-15-39)5-3-9-33(10-12-37-13-11-33)32(40)6-2-4-27-29(35)18-24(34)19-30(27)36/h7-8,18-21,32,37,40H,2-6,9-17,22H2,1H3. The minimum Gasteiger partial charge on any atom is -0.497 e. The number of halogens is 3. The third kappa shape index (κ3) is 7.25. The van der Waals surface area contributed by atoms with Crippen LogP contribution in [0.25, 0.3) is 10.9 Å². The first-order chi connectivity index (χ1) is 20.4. The number of aliphatic hydroxyl groups is 1. The second-order valence-electron chi connectivity index (χ2n) is 11.8. The van der Waals surface area contributed by atoms with E-state index in [1.807, 2.05) is 18.3 Å². The van der Waals surface area contributed by atoms with E-state index in [2.05, 4.69) is 16.3 Å². The predicted octanol–water partition coefficient (Wildman–Crippen LogP) is 5.57. The van der Waals surface area contributed by atoms with Crippen LogP contribution >= 0.6 is 0 Å². The van der Waals surface area contributed by atoms with E-state index in [9.17, 15) is 18.3 Å². The van der Waals surface area contributed by atoms with Crippen molar-refractivity contribution in [2.45, 2.75) is 64.0 Å². The van der Waals surface area contributed by atoms with Crippen LogP contribution in [0.5, 0.6) is 5.75 Å². The molecule has 0 spiro atoms. The molecule has 9 heteroatoms. The van der Waals surface area contributed by atoms with Gasteiger partial charge in [-0.15, -0.1) is 0 Å². The van der Waals surface area contributed by atoms with Crippen molar-refractivity contribution in [3.8, 4) is 5.75 Å². The molecule has 0 aliphatic carbocycles. The van der Waals surface area contributed by atoms with Crippen molar-refractivity contribution >= 4 is 10.9 Å². The summed E-state index contributed by atoms with van der Waals surface area (Å²) < 4.78 is 52.7. The van der Waals surface area contributed by atoms with Gasteiger partial charge in [0.1, 0.15) is 23.2 Å². The molecule has 0 bridgehead atoms. The molecule has 2 aliphatic rings. The highest BCUT2D eigenvalue weighted by Gasteiger charge is 2.38. The summed E-state index contributed by atoms with van der Waals surface area (Å²) in [5.74, 6) is -1.86. The predicted molar refractivity (Wildman–Crippen MR) is 157 cm³/mol. The van der Waals surface area contributed by atoms with Gasteiger partial charge in [-0.1, -0.05) is 0 Å². The number of pyridine rings is 1. The highest BCUT2D eigenvalue weighted by molar-refractivity contribution is 5.84. The van der Waals surface area contributed by atoms with Gasteiger partial charge < -0.3 is 19.9 Å². The molecule has 5 rings (SSSR count). The lowest BCUT2D eigenvalue weighted by Gasteiger charge is -2.42. The van der Waals surface area contributed by atoms with E-state index in [1.54, 1.807) is 7.11 Å². The highest BCUT2D eigenvalue weighted by atomic mass is 19.1. The summed E-state index contributed by atoms with van der Waals surface area (Å²) in [6.07, 6.45) is 6.68. The number of aryl methyl sites for hydroxylation is 1. The number of hydrogen-bond donors (Lipinski definition) is 2. The fraction of sp³-hybridized carbons (Fsp3) is 0.545. The normalized spacial score (nSPS) is 18.3. The number of morpholine rings is 1. The van der Waals surface area contributed by atoms with Gasteiger partial charge in [-0.3, -0.25) is 9.88 Å². The molecule has 1 aromatic heterocycles. The number of fused-ring (bicyclic) bond motifs is 1. The average molecular weight is 586 g/mol. The van der Waals surface area contributed by atoms with Crippen LogP contribution in [0.15, 0.2) is 36.5 Å². The summed E-state index contributed by atoms with van der Waals surface area (Å²) in [6, 6.07) is 7.44. The minimum atomic E-state index is -0.920. The number of benzene rings is 2. The molecular weight excluding hydrogens is 543 g/mol. The molecule has 3 heterocycles. The maximum absolute atomic E-state index is 14.2. The Morgan fingerprint density at radius 2 is 1.74 bits per heavy atom. The molecule has 0 amide bonds. The van der Waals surface area contributed by atoms with Gasteiger partial charge in [-0.25, -0.2) is 13.2 Å². The zero-order chi connectivity index (χ0) is 29.5. The fourth-order valence-electron chi connectivity index (χ4n) is 6.71. The number of methoxy groups -OCH3 is 1. The van der Waals surface area contributed by atoms with Gasteiger partial charge in [-0.05, 0) is 99.2 Å². The summed E-state index contributed by atoms with van der Waals surface area (Å²) in [5, 5.41) is 16.0. The third-order valence-corrected chi connectivity index (χ3v) is 9.19. The van der Waals surface area contributed by atoms with Gasteiger partial charge in [0.15, 0.2) is 0 Å². The number of nitrogens with zero attached hydrogens (tertiary/aromatic N) is 2.